The molecule has 1 unspecified atom stereocenters. The van der Waals surface area contributed by atoms with Crippen molar-refractivity contribution in [2.24, 2.45) is 5.41 Å². The maximum absolute atomic E-state index is 14.4. The average molecular weight is 722 g/mol. The third-order valence-electron chi connectivity index (χ3n) is 11.0. The molecule has 1 N–H and O–H groups in total. The smallest absolute Gasteiger partial charge is 0.210 e. The van der Waals surface area contributed by atoms with Crippen LogP contribution in [0.15, 0.2) is 58.5 Å². The first kappa shape index (κ1) is 37.2. The number of hydrogen-bond acceptors (Lipinski definition) is 9. The summed E-state index contributed by atoms with van der Waals surface area (Å²) in [5.41, 5.74) is 1.46. The Kier molecular flexibility index (Phi) is 11.9. The lowest BCUT2D eigenvalue weighted by atomic mass is 9.96. The summed E-state index contributed by atoms with van der Waals surface area (Å²) in [7, 11) is -6.01. The predicted octanol–water partition coefficient (Wildman–Crippen LogP) is 4.90. The number of piperidine rings is 2. The molecule has 3 aliphatic heterocycles. The molecule has 3 fully saturated rings. The number of nitrogens with zero attached hydrogens (tertiary/aromatic N) is 5. The molecular weight excluding hydrogens is 663 g/mol. The summed E-state index contributed by atoms with van der Waals surface area (Å²) >= 11 is 0. The number of aromatic nitrogens is 1. The topological polar surface area (TPSA) is 89.5 Å². The quantitative estimate of drug-likeness (QED) is 0.278. The molecule has 1 atom stereocenters. The van der Waals surface area contributed by atoms with Gasteiger partial charge in [-0.2, -0.15) is 0 Å². The number of anilines is 1. The van der Waals surface area contributed by atoms with Crippen LogP contribution < -0.4 is 14.8 Å². The highest BCUT2D eigenvalue weighted by Crippen LogP contribution is 2.38. The molecule has 0 amide bonds. The van der Waals surface area contributed by atoms with E-state index in [1.165, 1.54) is 64.6 Å². The maximum atomic E-state index is 14.4. The van der Waals surface area contributed by atoms with Gasteiger partial charge in [-0.05, 0) is 105 Å². The van der Waals surface area contributed by atoms with Crippen LogP contribution >= 0.6 is 0 Å². The van der Waals surface area contributed by atoms with Crippen LogP contribution in [-0.2, 0) is 9.84 Å². The second kappa shape index (κ2) is 16.0. The SMILES string of the molecule is CCCCN1CCN(C2CCN(C3CCN(c4c(S(=O)(=O)c5ccc(OCC(C)(C)C)cc5)cnc5ccc([SiH](C)O)cc45)CC3)CC2)CC1. The first-order valence-electron chi connectivity index (χ1n) is 19.0. The van der Waals surface area contributed by atoms with Crippen LogP contribution in [0.3, 0.4) is 0 Å². The monoisotopic (exact) mass is 721 g/mol. The van der Waals surface area contributed by atoms with Gasteiger partial charge >= 0.3 is 0 Å². The number of fused-ring (bicyclic) bond motifs is 1. The average Bonchev–Trinajstić information content (AvgIpc) is 3.12. The van der Waals surface area contributed by atoms with E-state index >= 15 is 0 Å². The van der Waals surface area contributed by atoms with E-state index in [2.05, 4.69) is 52.3 Å². The Labute approximate surface area is 302 Å². The van der Waals surface area contributed by atoms with E-state index in [4.69, 9.17) is 4.74 Å². The molecule has 4 heterocycles. The zero-order valence-corrected chi connectivity index (χ0v) is 33.0. The van der Waals surface area contributed by atoms with E-state index < -0.39 is 18.9 Å². The second-order valence-electron chi connectivity index (χ2n) is 16.0. The van der Waals surface area contributed by atoms with Gasteiger partial charge in [0.2, 0.25) is 18.9 Å². The summed E-state index contributed by atoms with van der Waals surface area (Å²) in [5.74, 6) is 0.651. The minimum Gasteiger partial charge on any atom is -0.493 e. The van der Waals surface area contributed by atoms with Crippen LogP contribution in [0.4, 0.5) is 5.69 Å². The fraction of sp³-hybridized carbons (Fsp3) is 0.615. The number of rotatable bonds is 11. The molecule has 11 heteroatoms. The highest BCUT2D eigenvalue weighted by Gasteiger charge is 2.34. The number of piperazine rings is 1. The van der Waals surface area contributed by atoms with Crippen molar-refractivity contribution >= 4 is 40.7 Å². The lowest BCUT2D eigenvalue weighted by Gasteiger charge is -2.46. The van der Waals surface area contributed by atoms with Crippen LogP contribution in [0.2, 0.25) is 6.55 Å². The highest BCUT2D eigenvalue weighted by molar-refractivity contribution is 7.91. The molecule has 0 spiro atoms. The third-order valence-corrected chi connectivity index (χ3v) is 14.0. The largest absolute Gasteiger partial charge is 0.493 e. The van der Waals surface area contributed by atoms with Gasteiger partial charge in [0, 0.05) is 62.9 Å². The van der Waals surface area contributed by atoms with Gasteiger partial charge in [-0.3, -0.25) is 9.88 Å². The van der Waals surface area contributed by atoms with Crippen molar-refractivity contribution in [2.45, 2.75) is 94.6 Å². The van der Waals surface area contributed by atoms with Crippen molar-refractivity contribution in [1.82, 2.24) is 19.7 Å². The summed E-state index contributed by atoms with van der Waals surface area (Å²) < 4.78 is 34.6. The lowest BCUT2D eigenvalue weighted by molar-refractivity contribution is 0.0434. The molecule has 3 saturated heterocycles. The molecular formula is C39H59N5O4SSi. The number of likely N-dealkylation sites (tertiary alicyclic amines) is 1. The van der Waals surface area contributed by atoms with E-state index in [1.807, 2.05) is 24.7 Å². The van der Waals surface area contributed by atoms with Crippen LogP contribution in [0.25, 0.3) is 10.9 Å². The molecule has 3 aliphatic rings. The van der Waals surface area contributed by atoms with Gasteiger partial charge in [0.05, 0.1) is 22.7 Å². The molecule has 0 saturated carbocycles. The van der Waals surface area contributed by atoms with Gasteiger partial charge in [-0.1, -0.05) is 40.2 Å². The minimum absolute atomic E-state index is 0.00232. The molecule has 1 aromatic heterocycles. The van der Waals surface area contributed by atoms with Crippen molar-refractivity contribution in [3.8, 4) is 5.75 Å². The molecule has 3 aromatic rings. The van der Waals surface area contributed by atoms with Crippen LogP contribution in [0.1, 0.15) is 66.2 Å². The standard InChI is InChI=1S/C39H59N5O4SSi/c1-6-7-18-41-23-25-43(26-24-41)31-14-19-42(20-15-31)30-16-21-44(22-17-30)38-35-27-34(50(5)47)12-13-36(35)40-28-37(38)49(45,46)33-10-8-32(9-11-33)48-29-39(2,3)4/h8-13,27-28,30-31,47,50H,6-7,14-26,29H2,1-5H3. The zero-order chi connectivity index (χ0) is 35.5. The van der Waals surface area contributed by atoms with E-state index in [0.717, 1.165) is 60.8 Å². The molecule has 50 heavy (non-hydrogen) atoms. The van der Waals surface area contributed by atoms with Gasteiger partial charge < -0.3 is 24.2 Å². The molecule has 0 bridgehead atoms. The first-order chi connectivity index (χ1) is 23.9. The van der Waals surface area contributed by atoms with Crippen LogP contribution in [0, 0.1) is 5.41 Å². The van der Waals surface area contributed by atoms with Gasteiger partial charge in [0.15, 0.2) is 0 Å². The lowest BCUT2D eigenvalue weighted by Crippen LogP contribution is -2.55. The Morgan fingerprint density at radius 1 is 0.880 bits per heavy atom. The minimum atomic E-state index is -3.89. The van der Waals surface area contributed by atoms with Crippen molar-refractivity contribution < 1.29 is 18.0 Å². The van der Waals surface area contributed by atoms with Crippen LogP contribution in [-0.4, -0.2) is 120 Å². The van der Waals surface area contributed by atoms with Gasteiger partial charge in [-0.25, -0.2) is 8.42 Å². The van der Waals surface area contributed by atoms with Crippen molar-refractivity contribution in [3.63, 3.8) is 0 Å². The number of sulfone groups is 1. The zero-order valence-electron chi connectivity index (χ0n) is 31.0. The molecule has 2 aromatic carbocycles. The Bertz CT molecular complexity index is 1670. The van der Waals surface area contributed by atoms with Gasteiger partial charge in [0.25, 0.3) is 0 Å². The highest BCUT2D eigenvalue weighted by atomic mass is 32.2. The van der Waals surface area contributed by atoms with Crippen molar-refractivity contribution in [3.05, 3.63) is 48.7 Å². The van der Waals surface area contributed by atoms with Crippen molar-refractivity contribution in [2.75, 3.05) is 70.4 Å². The Balaban J connectivity index is 1.17. The fourth-order valence-corrected chi connectivity index (χ4v) is 10.1. The second-order valence-corrected chi connectivity index (χ2v) is 19.9. The summed E-state index contributed by atoms with van der Waals surface area (Å²) in [6.07, 6.45) is 8.57. The summed E-state index contributed by atoms with van der Waals surface area (Å²) in [6, 6.07) is 13.8. The number of hydrogen-bond donors (Lipinski definition) is 1. The first-order valence-corrected chi connectivity index (χ1v) is 22.7. The third kappa shape index (κ3) is 8.73. The Morgan fingerprint density at radius 2 is 1.50 bits per heavy atom. The van der Waals surface area contributed by atoms with E-state index in [-0.39, 0.29) is 15.2 Å². The predicted molar refractivity (Wildman–Crippen MR) is 206 cm³/mol. The number of pyridine rings is 1. The molecule has 9 nitrogen and oxygen atoms in total. The number of unbranched alkanes of at least 4 members (excludes halogenated alkanes) is 1. The number of ether oxygens (including phenoxy) is 1. The molecule has 274 valence electrons. The molecule has 0 radical (unpaired) electrons. The van der Waals surface area contributed by atoms with E-state index in [1.54, 1.807) is 24.3 Å². The summed E-state index contributed by atoms with van der Waals surface area (Å²) in [6.45, 7) is 20.9. The number of benzene rings is 2. The molecule has 0 aliphatic carbocycles. The van der Waals surface area contributed by atoms with Crippen LogP contribution in [0.5, 0.6) is 5.75 Å². The molecule has 6 rings (SSSR count). The maximum Gasteiger partial charge on any atom is 0.210 e. The fourth-order valence-electron chi connectivity index (χ4n) is 7.91. The Morgan fingerprint density at radius 3 is 2.10 bits per heavy atom. The normalized spacial score (nSPS) is 20.4. The van der Waals surface area contributed by atoms with Gasteiger partial charge in [0.1, 0.15) is 10.6 Å². The van der Waals surface area contributed by atoms with Gasteiger partial charge in [-0.15, -0.1) is 0 Å². The Hall–Kier alpha value is -2.54. The van der Waals surface area contributed by atoms with E-state index in [0.29, 0.717) is 24.4 Å². The van der Waals surface area contributed by atoms with E-state index in [9.17, 15) is 13.2 Å². The summed E-state index contributed by atoms with van der Waals surface area (Å²) in [4.78, 5) is 26.1. The summed E-state index contributed by atoms with van der Waals surface area (Å²) in [5, 5.41) is 1.69. The van der Waals surface area contributed by atoms with Crippen molar-refractivity contribution in [1.29, 1.82) is 0 Å².